The quantitative estimate of drug-likeness (QED) is 0.194. The zero-order valence-electron chi connectivity index (χ0n) is 35.9. The number of allylic oxidation sites excluding steroid dienone is 1. The van der Waals surface area contributed by atoms with Crippen LogP contribution in [-0.2, 0) is 46.5 Å². The van der Waals surface area contributed by atoms with Gasteiger partial charge in [0.1, 0.15) is 34.6 Å². The molecule has 3 aliphatic heterocycles. The molecule has 2 aromatic rings. The van der Waals surface area contributed by atoms with Crippen molar-refractivity contribution in [2.75, 3.05) is 26.9 Å². The van der Waals surface area contributed by atoms with Crippen LogP contribution >= 0.6 is 0 Å². The topological polar surface area (TPSA) is 192 Å². The largest absolute Gasteiger partial charge is 0.493 e. The molecule has 4 fully saturated rings. The number of benzene rings is 1. The van der Waals surface area contributed by atoms with Gasteiger partial charge in [-0.3, -0.25) is 19.1 Å². The summed E-state index contributed by atoms with van der Waals surface area (Å²) in [6.07, 6.45) is 4.12. The first kappa shape index (κ1) is 44.9. The number of hydrogen-bond donors (Lipinski definition) is 3. The number of methoxy groups -OCH3 is 1. The molecule has 0 unspecified atom stereocenters. The Labute approximate surface area is 364 Å². The fourth-order valence-electron chi connectivity index (χ4n) is 9.36. The van der Waals surface area contributed by atoms with E-state index in [9.17, 15) is 40.8 Å². The monoisotopic (exact) mass is 903 g/mol. The second kappa shape index (κ2) is 16.7. The number of halogens is 3. The molecule has 3 saturated carbocycles. The minimum absolute atomic E-state index is 0.0589. The Balaban J connectivity index is 1.14. The van der Waals surface area contributed by atoms with Crippen molar-refractivity contribution in [1.82, 2.24) is 25.2 Å². The normalized spacial score (nSPS) is 29.3. The predicted molar refractivity (Wildman–Crippen MR) is 222 cm³/mol. The van der Waals surface area contributed by atoms with Crippen molar-refractivity contribution in [3.63, 3.8) is 0 Å². The van der Waals surface area contributed by atoms with E-state index >= 15 is 0 Å². The number of carbonyl (C=O) groups excluding carboxylic acids is 4. The Bertz CT molecular complexity index is 2300. The van der Waals surface area contributed by atoms with Crippen molar-refractivity contribution in [1.29, 1.82) is 0 Å². The molecule has 344 valence electrons. The van der Waals surface area contributed by atoms with E-state index in [0.717, 1.165) is 6.42 Å². The number of nitrogens with one attached hydrogen (secondary N) is 3. The third kappa shape index (κ3) is 9.05. The number of pyridine rings is 1. The summed E-state index contributed by atoms with van der Waals surface area (Å²) < 4.78 is 95.5. The van der Waals surface area contributed by atoms with Crippen LogP contribution in [0.4, 0.5) is 18.0 Å². The molecule has 1 saturated heterocycles. The van der Waals surface area contributed by atoms with Crippen LogP contribution in [0.1, 0.15) is 115 Å². The zero-order chi connectivity index (χ0) is 45.0. The van der Waals surface area contributed by atoms with Gasteiger partial charge in [-0.1, -0.05) is 25.0 Å². The second-order valence-corrected chi connectivity index (χ2v) is 20.9. The molecule has 5 atom stereocenters. The highest BCUT2D eigenvalue weighted by atomic mass is 32.2. The van der Waals surface area contributed by atoms with Gasteiger partial charge in [-0.2, -0.15) is 13.2 Å². The summed E-state index contributed by atoms with van der Waals surface area (Å²) >= 11 is 0. The lowest BCUT2D eigenvalue weighted by molar-refractivity contribution is -0.144. The molecule has 63 heavy (non-hydrogen) atoms. The van der Waals surface area contributed by atoms with Gasteiger partial charge in [0.15, 0.2) is 11.4 Å². The lowest BCUT2D eigenvalue weighted by Crippen LogP contribution is -2.59. The van der Waals surface area contributed by atoms with Gasteiger partial charge in [0.05, 0.1) is 23.4 Å². The third-order valence-corrected chi connectivity index (χ3v) is 16.0. The van der Waals surface area contributed by atoms with Crippen molar-refractivity contribution in [2.24, 2.45) is 5.92 Å². The van der Waals surface area contributed by atoms with Crippen LogP contribution in [0.3, 0.4) is 0 Å². The average molecular weight is 904 g/mol. The van der Waals surface area contributed by atoms with Gasteiger partial charge in [0.2, 0.25) is 21.8 Å². The summed E-state index contributed by atoms with van der Waals surface area (Å²) in [5.74, 6) is -3.03. The molecule has 8 rings (SSSR count). The van der Waals surface area contributed by atoms with Crippen LogP contribution in [0.25, 0.3) is 10.9 Å². The summed E-state index contributed by atoms with van der Waals surface area (Å²) in [6, 6.07) is 2.07. The molecular weight excluding hydrogens is 848 g/mol. The van der Waals surface area contributed by atoms with Gasteiger partial charge in [0, 0.05) is 43.4 Å². The van der Waals surface area contributed by atoms with Crippen LogP contribution in [0.5, 0.6) is 11.5 Å². The number of carbonyl (C=O) groups is 4. The minimum atomic E-state index is -4.94. The summed E-state index contributed by atoms with van der Waals surface area (Å²) in [6.45, 7) is 3.78. The van der Waals surface area contributed by atoms with E-state index in [-0.39, 0.29) is 49.7 Å². The number of rotatable bonds is 10. The van der Waals surface area contributed by atoms with Crippen LogP contribution < -0.4 is 24.8 Å². The van der Waals surface area contributed by atoms with E-state index in [4.69, 9.17) is 18.9 Å². The van der Waals surface area contributed by atoms with E-state index in [1.165, 1.54) is 17.9 Å². The van der Waals surface area contributed by atoms with Gasteiger partial charge in [-0.05, 0) is 103 Å². The van der Waals surface area contributed by atoms with Crippen molar-refractivity contribution < 1.29 is 59.7 Å². The maximum atomic E-state index is 14.9. The fourth-order valence-corrected chi connectivity index (χ4v) is 10.7. The number of sulfonamides is 1. The predicted octanol–water partition coefficient (Wildman–Crippen LogP) is 5.76. The third-order valence-electron chi connectivity index (χ3n) is 13.8. The molecule has 4 amide bonds. The number of nitrogens with zero attached hydrogens (tertiary/aromatic N) is 2. The molecule has 19 heteroatoms. The van der Waals surface area contributed by atoms with Crippen LogP contribution in [0.2, 0.25) is 0 Å². The molecule has 1 aromatic heterocycles. The Morgan fingerprint density at radius 2 is 1.81 bits per heavy atom. The molecule has 3 N–H and O–H groups in total. The minimum Gasteiger partial charge on any atom is -0.493 e. The molecule has 15 nitrogen and oxygen atoms in total. The first-order valence-electron chi connectivity index (χ1n) is 22.0. The van der Waals surface area contributed by atoms with E-state index in [2.05, 4.69) is 20.3 Å². The highest BCUT2D eigenvalue weighted by molar-refractivity contribution is 7.91. The maximum Gasteiger partial charge on any atom is 0.437 e. The lowest BCUT2D eigenvalue weighted by Gasteiger charge is -2.38. The van der Waals surface area contributed by atoms with Crippen LogP contribution in [0.15, 0.2) is 30.4 Å². The Kier molecular flexibility index (Phi) is 11.9. The second-order valence-electron chi connectivity index (χ2n) is 18.7. The van der Waals surface area contributed by atoms with Crippen molar-refractivity contribution >= 4 is 44.7 Å². The number of alkyl carbamates (subject to hydrolysis) is 1. The SMILES string of the molecule is COCCCOc1ccc2nc(C(F)(F)F)c3c(c2c1)CC[C@]1(C[C@H]2C(=O)N[C@]4(C(=O)NS(=O)(=O)C5(C)CC5)C[C@H]4/C=C\CCCCC[C@H](NC(=O)OC4(C)CCC4)C(=O)N2C1)O3. The molecule has 1 aromatic carbocycles. The molecule has 4 heterocycles. The summed E-state index contributed by atoms with van der Waals surface area (Å²) in [7, 11) is -2.53. The summed E-state index contributed by atoms with van der Waals surface area (Å²) in [5.41, 5.74) is -4.81. The van der Waals surface area contributed by atoms with Crippen LogP contribution in [-0.4, -0.2) is 103 Å². The molecular formula is C44H56F3N5O10S. The van der Waals surface area contributed by atoms with Gasteiger partial charge in [0.25, 0.3) is 5.91 Å². The number of hydrogen-bond acceptors (Lipinski definition) is 11. The zero-order valence-corrected chi connectivity index (χ0v) is 36.7. The van der Waals surface area contributed by atoms with Crippen molar-refractivity contribution in [3.8, 4) is 11.5 Å². The van der Waals surface area contributed by atoms with Gasteiger partial charge < -0.3 is 34.5 Å². The number of aromatic nitrogens is 1. The average Bonchev–Trinajstić information content (AvgIpc) is 4.11. The molecule has 1 spiro atoms. The summed E-state index contributed by atoms with van der Waals surface area (Å²) in [5, 5.41) is 5.95. The molecule has 0 bridgehead atoms. The van der Waals surface area contributed by atoms with Gasteiger partial charge >= 0.3 is 12.3 Å². The van der Waals surface area contributed by atoms with E-state index < -0.39 is 90.9 Å². The number of alkyl halides is 3. The maximum absolute atomic E-state index is 14.9. The van der Waals surface area contributed by atoms with Gasteiger partial charge in [-0.15, -0.1) is 0 Å². The van der Waals surface area contributed by atoms with E-state index in [1.807, 2.05) is 13.0 Å². The number of aryl methyl sites for hydroxylation is 1. The highest BCUT2D eigenvalue weighted by Crippen LogP contribution is 2.51. The highest BCUT2D eigenvalue weighted by Gasteiger charge is 2.64. The standard InChI is InChI=1S/C44H56F3N5O10S/c1-40(16-9-17-40)62-39(56)49-32-12-8-6-4-5-7-11-27-24-43(27,38(55)51-63(57,58)41(2)19-20-41)50-36(53)33-25-42(26-52(33)37(32)54)18-15-29-30-23-28(60-22-10-21-59-3)13-14-31(30)48-35(34(29)61-42)44(45,46)47/h7,11,13-14,23,27,32-33H,4-6,8-10,12,15-22,24-26H2,1-3H3,(H,49,56)(H,50,53)(H,51,55)/b11-7-/t27-,32+,33+,42-,43-/m1/s1. The van der Waals surface area contributed by atoms with Crippen molar-refractivity contribution in [2.45, 2.75) is 150 Å². The van der Waals surface area contributed by atoms with Gasteiger partial charge in [-0.25, -0.2) is 18.2 Å². The number of fused-ring (bicyclic) bond motifs is 5. The first-order valence-corrected chi connectivity index (χ1v) is 23.5. The van der Waals surface area contributed by atoms with Crippen molar-refractivity contribution in [3.05, 3.63) is 41.6 Å². The Morgan fingerprint density at radius 3 is 2.51 bits per heavy atom. The molecule has 3 aliphatic carbocycles. The Morgan fingerprint density at radius 1 is 1.03 bits per heavy atom. The number of amides is 4. The molecule has 6 aliphatic rings. The summed E-state index contributed by atoms with van der Waals surface area (Å²) in [4.78, 5) is 62.2. The Hall–Kier alpha value is -4.65. The smallest absolute Gasteiger partial charge is 0.437 e. The van der Waals surface area contributed by atoms with E-state index in [1.54, 1.807) is 25.3 Å². The fraction of sp³-hybridized carbons (Fsp3) is 0.659. The first-order chi connectivity index (χ1) is 29.8. The number of ether oxygens (including phenoxy) is 4. The van der Waals surface area contributed by atoms with E-state index in [0.29, 0.717) is 82.1 Å². The molecule has 0 radical (unpaired) electrons. The lowest BCUT2D eigenvalue weighted by atomic mass is 9.82. The van der Waals surface area contributed by atoms with Crippen LogP contribution in [0, 0.1) is 5.92 Å².